The molecular formula is C20H24N2O3S. The number of carbonyl (C=O) groups excluding carboxylic acids is 2. The molecule has 1 unspecified atom stereocenters. The molecule has 26 heavy (non-hydrogen) atoms. The highest BCUT2D eigenvalue weighted by atomic mass is 32.2. The summed E-state index contributed by atoms with van der Waals surface area (Å²) in [5.41, 5.74) is 2.51. The molecule has 0 saturated carbocycles. The molecule has 5 nitrogen and oxygen atoms in total. The molecule has 0 aromatic heterocycles. The van der Waals surface area contributed by atoms with Gasteiger partial charge in [-0.25, -0.2) is 0 Å². The third kappa shape index (κ3) is 5.26. The van der Waals surface area contributed by atoms with Crippen LogP contribution in [0.3, 0.4) is 0 Å². The summed E-state index contributed by atoms with van der Waals surface area (Å²) in [7, 11) is -1.07. The van der Waals surface area contributed by atoms with Crippen LogP contribution in [0.25, 0.3) is 0 Å². The van der Waals surface area contributed by atoms with Gasteiger partial charge in [-0.05, 0) is 60.9 Å². The molecular weight excluding hydrogens is 348 g/mol. The van der Waals surface area contributed by atoms with E-state index in [0.29, 0.717) is 34.2 Å². The number of hydrogen-bond acceptors (Lipinski definition) is 3. The Balaban J connectivity index is 2.08. The standard InChI is InChI=1S/C20H24N2O3S/c1-13(2)12-21-19(23)16-7-10-18(14(3)11-16)22-20(24)15-5-8-17(9-6-15)26(4)25/h5-11,13H,12H2,1-4H3,(H,21,23)(H,22,24). The predicted molar refractivity (Wildman–Crippen MR) is 105 cm³/mol. The third-order valence-corrected chi connectivity index (χ3v) is 4.79. The van der Waals surface area contributed by atoms with Crippen molar-refractivity contribution in [3.8, 4) is 0 Å². The zero-order valence-corrected chi connectivity index (χ0v) is 16.3. The van der Waals surface area contributed by atoms with Crippen molar-refractivity contribution in [1.82, 2.24) is 5.32 Å². The van der Waals surface area contributed by atoms with E-state index in [1.165, 1.54) is 0 Å². The van der Waals surface area contributed by atoms with Crippen molar-refractivity contribution in [1.29, 1.82) is 0 Å². The number of benzene rings is 2. The third-order valence-electron chi connectivity index (χ3n) is 3.86. The largest absolute Gasteiger partial charge is 0.352 e. The topological polar surface area (TPSA) is 75.3 Å². The first kappa shape index (κ1) is 19.8. The van der Waals surface area contributed by atoms with Gasteiger partial charge in [0.25, 0.3) is 11.8 Å². The molecule has 0 aliphatic carbocycles. The van der Waals surface area contributed by atoms with Crippen LogP contribution >= 0.6 is 0 Å². The van der Waals surface area contributed by atoms with Crippen molar-refractivity contribution in [3.05, 3.63) is 59.2 Å². The second-order valence-electron chi connectivity index (χ2n) is 6.57. The number of aryl methyl sites for hydroxylation is 1. The molecule has 2 aromatic carbocycles. The Kier molecular flexibility index (Phi) is 6.69. The summed E-state index contributed by atoms with van der Waals surface area (Å²) in [6, 6.07) is 11.8. The van der Waals surface area contributed by atoms with Crippen molar-refractivity contribution < 1.29 is 13.8 Å². The number of rotatable bonds is 6. The second kappa shape index (κ2) is 8.76. The first-order chi connectivity index (χ1) is 12.3. The Morgan fingerprint density at radius 2 is 1.62 bits per heavy atom. The average molecular weight is 372 g/mol. The van der Waals surface area contributed by atoms with Gasteiger partial charge < -0.3 is 10.6 Å². The van der Waals surface area contributed by atoms with Gasteiger partial charge in [0.1, 0.15) is 0 Å². The molecule has 2 amide bonds. The van der Waals surface area contributed by atoms with Gasteiger partial charge in [-0.1, -0.05) is 13.8 Å². The van der Waals surface area contributed by atoms with Crippen LogP contribution in [0.1, 0.15) is 40.1 Å². The molecule has 6 heteroatoms. The summed E-state index contributed by atoms with van der Waals surface area (Å²) in [5.74, 6) is 0.0107. The van der Waals surface area contributed by atoms with E-state index in [1.807, 2.05) is 20.8 Å². The van der Waals surface area contributed by atoms with E-state index in [2.05, 4.69) is 10.6 Å². The Labute approximate surface area is 156 Å². The van der Waals surface area contributed by atoms with Crippen molar-refractivity contribution >= 4 is 28.3 Å². The monoisotopic (exact) mass is 372 g/mol. The first-order valence-electron chi connectivity index (χ1n) is 8.41. The van der Waals surface area contributed by atoms with Crippen LogP contribution in [0.4, 0.5) is 5.69 Å². The van der Waals surface area contributed by atoms with Crippen molar-refractivity contribution in [3.63, 3.8) is 0 Å². The lowest BCUT2D eigenvalue weighted by Gasteiger charge is -2.12. The van der Waals surface area contributed by atoms with Gasteiger partial charge >= 0.3 is 0 Å². The molecule has 0 heterocycles. The van der Waals surface area contributed by atoms with Gasteiger partial charge in [-0.15, -0.1) is 0 Å². The Bertz CT molecular complexity index is 829. The number of carbonyl (C=O) groups is 2. The van der Waals surface area contributed by atoms with Crippen LogP contribution in [-0.2, 0) is 10.8 Å². The van der Waals surface area contributed by atoms with Gasteiger partial charge in [0.2, 0.25) is 0 Å². The van der Waals surface area contributed by atoms with E-state index in [-0.39, 0.29) is 11.8 Å². The molecule has 2 aromatic rings. The van der Waals surface area contributed by atoms with Gasteiger partial charge in [0, 0.05) is 45.3 Å². The molecule has 2 rings (SSSR count). The van der Waals surface area contributed by atoms with Gasteiger partial charge in [-0.3, -0.25) is 13.8 Å². The van der Waals surface area contributed by atoms with Crippen LogP contribution < -0.4 is 10.6 Å². The Hall–Kier alpha value is -2.47. The molecule has 0 spiro atoms. The Morgan fingerprint density at radius 3 is 2.15 bits per heavy atom. The summed E-state index contributed by atoms with van der Waals surface area (Å²) in [5, 5.41) is 5.72. The quantitative estimate of drug-likeness (QED) is 0.816. The fraction of sp³-hybridized carbons (Fsp3) is 0.300. The van der Waals surface area contributed by atoms with Crippen molar-refractivity contribution in [2.75, 3.05) is 18.1 Å². The minimum absolute atomic E-state index is 0.122. The maximum atomic E-state index is 12.4. The van der Waals surface area contributed by atoms with Crippen LogP contribution in [0, 0.1) is 12.8 Å². The molecule has 1 atom stereocenters. The van der Waals surface area contributed by atoms with Crippen molar-refractivity contribution in [2.45, 2.75) is 25.7 Å². The van der Waals surface area contributed by atoms with E-state index in [0.717, 1.165) is 5.56 Å². The van der Waals surface area contributed by atoms with Crippen molar-refractivity contribution in [2.24, 2.45) is 5.92 Å². The van der Waals surface area contributed by atoms with E-state index >= 15 is 0 Å². The van der Waals surface area contributed by atoms with E-state index in [9.17, 15) is 13.8 Å². The second-order valence-corrected chi connectivity index (χ2v) is 7.95. The number of amides is 2. The van der Waals surface area contributed by atoms with Gasteiger partial charge in [0.15, 0.2) is 0 Å². The molecule has 0 bridgehead atoms. The zero-order valence-electron chi connectivity index (χ0n) is 15.5. The van der Waals surface area contributed by atoms with Gasteiger partial charge in [0.05, 0.1) is 0 Å². The normalized spacial score (nSPS) is 11.9. The zero-order chi connectivity index (χ0) is 19.3. The summed E-state index contributed by atoms with van der Waals surface area (Å²) < 4.78 is 11.4. The fourth-order valence-electron chi connectivity index (χ4n) is 2.34. The highest BCUT2D eigenvalue weighted by molar-refractivity contribution is 7.84. The molecule has 0 aliphatic heterocycles. The summed E-state index contributed by atoms with van der Waals surface area (Å²) in [6.07, 6.45) is 1.59. The fourth-order valence-corrected chi connectivity index (χ4v) is 2.86. The lowest BCUT2D eigenvalue weighted by molar-refractivity contribution is 0.0948. The molecule has 0 aliphatic rings. The van der Waals surface area contributed by atoms with E-state index < -0.39 is 10.8 Å². The minimum Gasteiger partial charge on any atom is -0.352 e. The smallest absolute Gasteiger partial charge is 0.255 e. The number of anilines is 1. The summed E-state index contributed by atoms with van der Waals surface area (Å²) >= 11 is 0. The number of hydrogen-bond donors (Lipinski definition) is 2. The maximum absolute atomic E-state index is 12.4. The van der Waals surface area contributed by atoms with Crippen LogP contribution in [0.15, 0.2) is 47.4 Å². The molecule has 0 fully saturated rings. The predicted octanol–water partition coefficient (Wildman–Crippen LogP) is 3.37. The van der Waals surface area contributed by atoms with Gasteiger partial charge in [-0.2, -0.15) is 0 Å². The Morgan fingerprint density at radius 1 is 1.00 bits per heavy atom. The highest BCUT2D eigenvalue weighted by Gasteiger charge is 2.11. The minimum atomic E-state index is -1.07. The summed E-state index contributed by atoms with van der Waals surface area (Å²) in [6.45, 7) is 6.54. The molecule has 0 radical (unpaired) electrons. The molecule has 138 valence electrons. The van der Waals surface area contributed by atoms with Crippen LogP contribution in [-0.4, -0.2) is 28.8 Å². The summed E-state index contributed by atoms with van der Waals surface area (Å²) in [4.78, 5) is 25.2. The number of nitrogens with one attached hydrogen (secondary N) is 2. The average Bonchev–Trinajstić information content (AvgIpc) is 2.61. The van der Waals surface area contributed by atoms with Crippen LogP contribution in [0.2, 0.25) is 0 Å². The van der Waals surface area contributed by atoms with E-state index in [4.69, 9.17) is 0 Å². The first-order valence-corrected chi connectivity index (χ1v) is 9.97. The van der Waals surface area contributed by atoms with E-state index in [1.54, 1.807) is 48.7 Å². The lowest BCUT2D eigenvalue weighted by Crippen LogP contribution is -2.27. The molecule has 0 saturated heterocycles. The molecule has 2 N–H and O–H groups in total. The lowest BCUT2D eigenvalue weighted by atomic mass is 10.1. The highest BCUT2D eigenvalue weighted by Crippen LogP contribution is 2.18. The van der Waals surface area contributed by atoms with Crippen LogP contribution in [0.5, 0.6) is 0 Å². The maximum Gasteiger partial charge on any atom is 0.255 e. The SMILES string of the molecule is Cc1cc(C(=O)NCC(C)C)ccc1NC(=O)c1ccc(S(C)=O)cc1.